The van der Waals surface area contributed by atoms with Gasteiger partial charge in [-0.1, -0.05) is 259 Å². The highest BCUT2D eigenvalue weighted by molar-refractivity contribution is 5.71. The first-order valence-electron chi connectivity index (χ1n) is 28.9. The summed E-state index contributed by atoms with van der Waals surface area (Å²) in [4.78, 5) is 37.9. The highest BCUT2D eigenvalue weighted by atomic mass is 16.6. The first-order chi connectivity index (χ1) is 34.5. The number of allylic oxidation sites excluding steroid dienone is 18. The summed E-state index contributed by atoms with van der Waals surface area (Å²) < 4.78 is 16.7. The molecule has 70 heavy (non-hydrogen) atoms. The molecule has 0 rings (SSSR count). The molecule has 0 bridgehead atoms. The second kappa shape index (κ2) is 57.6. The smallest absolute Gasteiger partial charge is 0.306 e. The second-order valence-corrected chi connectivity index (χ2v) is 18.8. The molecule has 0 spiro atoms. The molecule has 0 amide bonds. The van der Waals surface area contributed by atoms with Crippen molar-refractivity contribution in [2.24, 2.45) is 0 Å². The van der Waals surface area contributed by atoms with Gasteiger partial charge in [-0.05, 0) is 89.9 Å². The van der Waals surface area contributed by atoms with Crippen molar-refractivity contribution in [3.63, 3.8) is 0 Å². The topological polar surface area (TPSA) is 78.9 Å². The normalized spacial score (nSPS) is 12.9. The first kappa shape index (κ1) is 66.1. The van der Waals surface area contributed by atoms with Crippen LogP contribution in [0.2, 0.25) is 0 Å². The summed E-state index contributed by atoms with van der Waals surface area (Å²) in [5.74, 6) is -0.927. The number of hydrogen-bond acceptors (Lipinski definition) is 6. The van der Waals surface area contributed by atoms with Gasteiger partial charge < -0.3 is 14.2 Å². The molecule has 0 aromatic heterocycles. The van der Waals surface area contributed by atoms with Crippen LogP contribution in [-0.4, -0.2) is 37.2 Å². The van der Waals surface area contributed by atoms with Gasteiger partial charge in [0.05, 0.1) is 0 Å². The predicted molar refractivity (Wildman–Crippen MR) is 302 cm³/mol. The highest BCUT2D eigenvalue weighted by Crippen LogP contribution is 2.15. The number of hydrogen-bond donors (Lipinski definition) is 0. The van der Waals surface area contributed by atoms with E-state index >= 15 is 0 Å². The van der Waals surface area contributed by atoms with Crippen LogP contribution < -0.4 is 0 Å². The van der Waals surface area contributed by atoms with E-state index in [0.29, 0.717) is 19.3 Å². The average Bonchev–Trinajstić information content (AvgIpc) is 3.36. The molecular formula is C64H106O6. The Morgan fingerprint density at radius 2 is 0.557 bits per heavy atom. The van der Waals surface area contributed by atoms with Crippen LogP contribution >= 0.6 is 0 Å². The molecule has 0 aliphatic rings. The Morgan fingerprint density at radius 1 is 0.300 bits per heavy atom. The van der Waals surface area contributed by atoms with Gasteiger partial charge in [-0.15, -0.1) is 0 Å². The van der Waals surface area contributed by atoms with Crippen LogP contribution in [-0.2, 0) is 28.6 Å². The van der Waals surface area contributed by atoms with Crippen molar-refractivity contribution < 1.29 is 28.6 Å². The van der Waals surface area contributed by atoms with Crippen molar-refractivity contribution in [3.05, 3.63) is 109 Å². The molecule has 0 aliphatic heterocycles. The Labute approximate surface area is 431 Å². The van der Waals surface area contributed by atoms with Gasteiger partial charge in [0, 0.05) is 19.3 Å². The summed E-state index contributed by atoms with van der Waals surface area (Å²) in [5, 5.41) is 0. The molecule has 0 N–H and O–H groups in total. The maximum absolute atomic E-state index is 12.8. The number of ether oxygens (including phenoxy) is 3. The lowest BCUT2D eigenvalue weighted by Gasteiger charge is -2.18. The highest BCUT2D eigenvalue weighted by Gasteiger charge is 2.19. The van der Waals surface area contributed by atoms with Crippen LogP contribution in [0.25, 0.3) is 0 Å². The number of rotatable bonds is 51. The van der Waals surface area contributed by atoms with Gasteiger partial charge in [-0.25, -0.2) is 0 Å². The molecule has 398 valence electrons. The standard InChI is InChI=1S/C64H106O6/c1-4-7-10-13-16-18-20-22-24-25-26-27-28-29-30-31-32-33-34-35-36-37-38-39-40-42-43-45-48-51-54-57-63(66)69-60-61(59-68-62(65)56-53-50-47-15-12-9-6-3)70-64(67)58-55-52-49-46-44-41-23-21-19-17-14-11-8-5-2/h7,10,16,18,22,24,26-27,29-30,32-33,35-36,38-39,42-43,61H,4-6,8-9,11-15,17,19-21,23,25,28,31,34,37,40-41,44-60H2,1-3H3/b10-7-,18-16-,24-22-,27-26-,30-29-,33-32-,36-35-,39-38-,43-42-. The van der Waals surface area contributed by atoms with Crippen LogP contribution in [0.3, 0.4) is 0 Å². The van der Waals surface area contributed by atoms with Gasteiger partial charge in [0.2, 0.25) is 0 Å². The molecule has 0 heterocycles. The Bertz CT molecular complexity index is 1440. The minimum atomic E-state index is -0.787. The van der Waals surface area contributed by atoms with Gasteiger partial charge in [0.15, 0.2) is 6.10 Å². The van der Waals surface area contributed by atoms with E-state index < -0.39 is 6.10 Å². The summed E-state index contributed by atoms with van der Waals surface area (Å²) in [6, 6.07) is 0. The Hall–Kier alpha value is -3.93. The fourth-order valence-electron chi connectivity index (χ4n) is 7.73. The van der Waals surface area contributed by atoms with Gasteiger partial charge >= 0.3 is 17.9 Å². The van der Waals surface area contributed by atoms with Crippen LogP contribution in [0.4, 0.5) is 0 Å². The van der Waals surface area contributed by atoms with E-state index in [4.69, 9.17) is 14.2 Å². The van der Waals surface area contributed by atoms with E-state index in [1.807, 2.05) is 0 Å². The van der Waals surface area contributed by atoms with Crippen molar-refractivity contribution in [2.75, 3.05) is 13.2 Å². The molecule has 0 fully saturated rings. The van der Waals surface area contributed by atoms with Crippen molar-refractivity contribution in [2.45, 2.75) is 264 Å². The zero-order valence-corrected chi connectivity index (χ0v) is 45.5. The molecule has 1 unspecified atom stereocenters. The molecule has 6 nitrogen and oxygen atoms in total. The molecule has 0 aromatic carbocycles. The van der Waals surface area contributed by atoms with Crippen LogP contribution in [0, 0.1) is 0 Å². The monoisotopic (exact) mass is 971 g/mol. The molecule has 0 radical (unpaired) electrons. The lowest BCUT2D eigenvalue weighted by molar-refractivity contribution is -0.167. The van der Waals surface area contributed by atoms with E-state index in [0.717, 1.165) is 122 Å². The van der Waals surface area contributed by atoms with Crippen molar-refractivity contribution in [1.82, 2.24) is 0 Å². The summed E-state index contributed by atoms with van der Waals surface area (Å²) in [7, 11) is 0. The lowest BCUT2D eigenvalue weighted by Crippen LogP contribution is -2.30. The number of carbonyl (C=O) groups is 3. The zero-order chi connectivity index (χ0) is 50.7. The van der Waals surface area contributed by atoms with Gasteiger partial charge in [-0.2, -0.15) is 0 Å². The fraction of sp³-hybridized carbons (Fsp3) is 0.672. The molecule has 1 atom stereocenters. The van der Waals surface area contributed by atoms with Gasteiger partial charge in [-0.3, -0.25) is 14.4 Å². The number of esters is 3. The third-order valence-electron chi connectivity index (χ3n) is 12.0. The Morgan fingerprint density at radius 3 is 0.871 bits per heavy atom. The number of carbonyl (C=O) groups excluding carboxylic acids is 3. The van der Waals surface area contributed by atoms with Crippen molar-refractivity contribution >= 4 is 17.9 Å². The van der Waals surface area contributed by atoms with Crippen molar-refractivity contribution in [3.8, 4) is 0 Å². The lowest BCUT2D eigenvalue weighted by atomic mass is 10.0. The first-order valence-corrected chi connectivity index (χ1v) is 28.9. The third kappa shape index (κ3) is 55.0. The van der Waals surface area contributed by atoms with Crippen molar-refractivity contribution in [1.29, 1.82) is 0 Å². The van der Waals surface area contributed by atoms with Gasteiger partial charge in [0.1, 0.15) is 13.2 Å². The van der Waals surface area contributed by atoms with Crippen LogP contribution in [0.15, 0.2) is 109 Å². The predicted octanol–water partition coefficient (Wildman–Crippen LogP) is 19.5. The molecule has 0 saturated heterocycles. The summed E-state index contributed by atoms with van der Waals surface area (Å²) >= 11 is 0. The number of unbranched alkanes of at least 4 members (excludes halogenated alkanes) is 22. The molecule has 0 saturated carbocycles. The van der Waals surface area contributed by atoms with E-state index in [-0.39, 0.29) is 31.1 Å². The summed E-state index contributed by atoms with van der Waals surface area (Å²) in [6.07, 6.45) is 78.2. The van der Waals surface area contributed by atoms with Crippen LogP contribution in [0.5, 0.6) is 0 Å². The van der Waals surface area contributed by atoms with Crippen LogP contribution in [0.1, 0.15) is 258 Å². The molecule has 0 aliphatic carbocycles. The second-order valence-electron chi connectivity index (χ2n) is 18.8. The van der Waals surface area contributed by atoms with Gasteiger partial charge in [0.25, 0.3) is 0 Å². The Balaban J connectivity index is 4.23. The fourth-order valence-corrected chi connectivity index (χ4v) is 7.73. The minimum absolute atomic E-state index is 0.0869. The quantitative estimate of drug-likeness (QED) is 0.0262. The maximum Gasteiger partial charge on any atom is 0.306 e. The maximum atomic E-state index is 12.8. The SMILES string of the molecule is CC/C=C\C/C=C\C/C=C\C/C=C\C/C=C\C/C=C\C/C=C\C/C=C\C/C=C\CCCCCC(=O)OCC(COC(=O)CCCCCCCCC)OC(=O)CCCCCCCCCCCCCCCC. The zero-order valence-electron chi connectivity index (χ0n) is 45.5. The third-order valence-corrected chi connectivity index (χ3v) is 12.0. The largest absolute Gasteiger partial charge is 0.462 e. The van der Waals surface area contributed by atoms with E-state index in [1.165, 1.54) is 96.3 Å². The van der Waals surface area contributed by atoms with E-state index in [1.54, 1.807) is 0 Å². The molecular weight excluding hydrogens is 865 g/mol. The minimum Gasteiger partial charge on any atom is -0.462 e. The summed E-state index contributed by atoms with van der Waals surface area (Å²) in [5.41, 5.74) is 0. The Kier molecular flexibility index (Phi) is 54.4. The van der Waals surface area contributed by atoms with E-state index in [2.05, 4.69) is 130 Å². The van der Waals surface area contributed by atoms with E-state index in [9.17, 15) is 14.4 Å². The molecule has 0 aromatic rings. The summed E-state index contributed by atoms with van der Waals surface area (Å²) in [6.45, 7) is 6.45. The molecule has 6 heteroatoms. The average molecular weight is 972 g/mol.